The predicted octanol–water partition coefficient (Wildman–Crippen LogP) is 0.899. The van der Waals surface area contributed by atoms with Crippen LogP contribution in [0.25, 0.3) is 0 Å². The van der Waals surface area contributed by atoms with Crippen molar-refractivity contribution in [2.75, 3.05) is 19.7 Å². The van der Waals surface area contributed by atoms with Crippen LogP contribution >= 0.6 is 0 Å². The zero-order valence-electron chi connectivity index (χ0n) is 10.8. The normalized spacial score (nSPS) is 14.7. The highest BCUT2D eigenvalue weighted by Gasteiger charge is 2.29. The van der Waals surface area contributed by atoms with Crippen molar-refractivity contribution in [1.29, 1.82) is 0 Å². The van der Waals surface area contributed by atoms with Crippen LogP contribution in [0.4, 0.5) is 4.39 Å². The van der Waals surface area contributed by atoms with Gasteiger partial charge in [-0.05, 0) is 30.5 Å². The second kappa shape index (κ2) is 6.63. The van der Waals surface area contributed by atoms with Crippen molar-refractivity contribution in [3.05, 3.63) is 35.6 Å². The van der Waals surface area contributed by atoms with E-state index in [1.165, 1.54) is 12.1 Å². The fourth-order valence-electron chi connectivity index (χ4n) is 2.00. The minimum absolute atomic E-state index is 0.0651. The van der Waals surface area contributed by atoms with Crippen LogP contribution in [-0.4, -0.2) is 41.7 Å². The van der Waals surface area contributed by atoms with Crippen molar-refractivity contribution < 1.29 is 14.3 Å². The summed E-state index contributed by atoms with van der Waals surface area (Å²) in [6.45, 7) is 1.32. The first-order valence-corrected chi connectivity index (χ1v) is 6.55. The maximum atomic E-state index is 12.7. The molecule has 1 aliphatic rings. The van der Waals surface area contributed by atoms with Gasteiger partial charge in [0.1, 0.15) is 5.82 Å². The van der Waals surface area contributed by atoms with Crippen LogP contribution in [0.3, 0.4) is 0 Å². The van der Waals surface area contributed by atoms with Gasteiger partial charge in [0.15, 0.2) is 0 Å². The van der Waals surface area contributed by atoms with Crippen molar-refractivity contribution in [3.8, 4) is 0 Å². The summed E-state index contributed by atoms with van der Waals surface area (Å²) in [7, 11) is 0. The first-order chi connectivity index (χ1) is 9.19. The molecule has 1 aliphatic carbocycles. The van der Waals surface area contributed by atoms with Crippen LogP contribution in [0, 0.1) is 5.82 Å². The average Bonchev–Trinajstić information content (AvgIpc) is 3.22. The second-order valence-corrected chi connectivity index (χ2v) is 4.83. The molecule has 19 heavy (non-hydrogen) atoms. The lowest BCUT2D eigenvalue weighted by Gasteiger charge is -2.20. The van der Waals surface area contributed by atoms with Gasteiger partial charge in [-0.3, -0.25) is 9.69 Å². The molecule has 1 aromatic carbocycles. The molecular formula is C14H19FN2O2. The number of benzene rings is 1. The van der Waals surface area contributed by atoms with Gasteiger partial charge in [0, 0.05) is 19.1 Å². The third-order valence-corrected chi connectivity index (χ3v) is 3.20. The molecule has 104 valence electrons. The Bertz CT molecular complexity index is 418. The molecule has 0 spiro atoms. The van der Waals surface area contributed by atoms with Crippen molar-refractivity contribution in [1.82, 2.24) is 10.2 Å². The van der Waals surface area contributed by atoms with E-state index in [0.29, 0.717) is 25.7 Å². The average molecular weight is 266 g/mol. The van der Waals surface area contributed by atoms with Crippen molar-refractivity contribution >= 4 is 5.91 Å². The number of amides is 1. The summed E-state index contributed by atoms with van der Waals surface area (Å²) in [4.78, 5) is 13.8. The Hall–Kier alpha value is -1.46. The van der Waals surface area contributed by atoms with Crippen LogP contribution in [0.5, 0.6) is 0 Å². The molecule has 1 amide bonds. The maximum Gasteiger partial charge on any atom is 0.234 e. The molecule has 0 radical (unpaired) electrons. The highest BCUT2D eigenvalue weighted by Crippen LogP contribution is 2.25. The molecule has 1 aromatic rings. The van der Waals surface area contributed by atoms with Crippen molar-refractivity contribution in [2.24, 2.45) is 0 Å². The molecule has 1 fully saturated rings. The monoisotopic (exact) mass is 266 g/mol. The van der Waals surface area contributed by atoms with E-state index < -0.39 is 0 Å². The summed E-state index contributed by atoms with van der Waals surface area (Å²) >= 11 is 0. The summed E-state index contributed by atoms with van der Waals surface area (Å²) in [6.07, 6.45) is 2.20. The van der Waals surface area contributed by atoms with Gasteiger partial charge in [0.25, 0.3) is 0 Å². The van der Waals surface area contributed by atoms with E-state index in [9.17, 15) is 9.18 Å². The number of carbonyl (C=O) groups is 1. The SMILES string of the molecule is O=C(CN(CCO)C1CC1)NCc1ccc(F)cc1. The van der Waals surface area contributed by atoms with Gasteiger partial charge in [0.05, 0.1) is 13.2 Å². The quantitative estimate of drug-likeness (QED) is 0.771. The fraction of sp³-hybridized carbons (Fsp3) is 0.500. The molecule has 0 heterocycles. The lowest BCUT2D eigenvalue weighted by Crippen LogP contribution is -2.39. The number of nitrogens with zero attached hydrogens (tertiary/aromatic N) is 1. The number of aliphatic hydroxyl groups is 1. The second-order valence-electron chi connectivity index (χ2n) is 4.83. The summed E-state index contributed by atoms with van der Waals surface area (Å²) in [5.41, 5.74) is 0.870. The molecule has 4 nitrogen and oxygen atoms in total. The minimum Gasteiger partial charge on any atom is -0.395 e. The smallest absolute Gasteiger partial charge is 0.234 e. The largest absolute Gasteiger partial charge is 0.395 e. The Morgan fingerprint density at radius 3 is 2.63 bits per heavy atom. The number of carbonyl (C=O) groups excluding carboxylic acids is 1. The Labute approximate surface area is 112 Å². The zero-order valence-corrected chi connectivity index (χ0v) is 10.8. The number of rotatable bonds is 7. The predicted molar refractivity (Wildman–Crippen MR) is 69.9 cm³/mol. The first-order valence-electron chi connectivity index (χ1n) is 6.55. The molecule has 0 bridgehead atoms. The van der Waals surface area contributed by atoms with Crippen molar-refractivity contribution in [3.63, 3.8) is 0 Å². The van der Waals surface area contributed by atoms with Gasteiger partial charge in [-0.15, -0.1) is 0 Å². The van der Waals surface area contributed by atoms with Gasteiger partial charge in [-0.1, -0.05) is 12.1 Å². The number of aliphatic hydroxyl groups excluding tert-OH is 1. The van der Waals surface area contributed by atoms with Crippen LogP contribution in [0.15, 0.2) is 24.3 Å². The van der Waals surface area contributed by atoms with Crippen LogP contribution in [0.2, 0.25) is 0 Å². The van der Waals surface area contributed by atoms with E-state index in [1.807, 2.05) is 4.90 Å². The van der Waals surface area contributed by atoms with E-state index in [-0.39, 0.29) is 18.3 Å². The highest BCUT2D eigenvalue weighted by atomic mass is 19.1. The van der Waals surface area contributed by atoms with Crippen LogP contribution < -0.4 is 5.32 Å². The molecule has 0 aromatic heterocycles. The lowest BCUT2D eigenvalue weighted by atomic mass is 10.2. The summed E-state index contributed by atoms with van der Waals surface area (Å²) in [5.74, 6) is -0.345. The zero-order chi connectivity index (χ0) is 13.7. The molecule has 2 rings (SSSR count). The van der Waals surface area contributed by atoms with E-state index >= 15 is 0 Å². The summed E-state index contributed by atoms with van der Waals surface area (Å²) < 4.78 is 12.7. The standard InChI is InChI=1S/C14H19FN2O2/c15-12-3-1-11(2-4-12)9-16-14(19)10-17(7-8-18)13-5-6-13/h1-4,13,18H,5-10H2,(H,16,19). The van der Waals surface area contributed by atoms with Crippen LogP contribution in [0.1, 0.15) is 18.4 Å². The van der Waals surface area contributed by atoms with Gasteiger partial charge in [0.2, 0.25) is 5.91 Å². The number of nitrogens with one attached hydrogen (secondary N) is 1. The third-order valence-electron chi connectivity index (χ3n) is 3.20. The topological polar surface area (TPSA) is 52.6 Å². The van der Waals surface area contributed by atoms with Gasteiger partial charge >= 0.3 is 0 Å². The molecule has 1 saturated carbocycles. The lowest BCUT2D eigenvalue weighted by molar-refractivity contribution is -0.122. The first kappa shape index (κ1) is 14.0. The number of hydrogen-bond donors (Lipinski definition) is 2. The highest BCUT2D eigenvalue weighted by molar-refractivity contribution is 5.78. The molecule has 0 atom stereocenters. The van der Waals surface area contributed by atoms with Gasteiger partial charge in [-0.25, -0.2) is 4.39 Å². The van der Waals surface area contributed by atoms with Crippen LogP contribution in [-0.2, 0) is 11.3 Å². The molecule has 2 N–H and O–H groups in total. The molecule has 0 saturated heterocycles. The Morgan fingerprint density at radius 2 is 2.05 bits per heavy atom. The molecule has 0 unspecified atom stereocenters. The molecule has 5 heteroatoms. The Kier molecular flexibility index (Phi) is 4.87. The minimum atomic E-state index is -0.280. The Morgan fingerprint density at radius 1 is 1.37 bits per heavy atom. The third kappa shape index (κ3) is 4.61. The van der Waals surface area contributed by atoms with E-state index in [2.05, 4.69) is 5.32 Å². The summed E-state index contributed by atoms with van der Waals surface area (Å²) in [6, 6.07) is 6.51. The van der Waals surface area contributed by atoms with Gasteiger partial charge < -0.3 is 10.4 Å². The maximum absolute atomic E-state index is 12.7. The summed E-state index contributed by atoms with van der Waals surface area (Å²) in [5, 5.41) is 11.8. The fourth-order valence-corrected chi connectivity index (χ4v) is 2.00. The molecule has 0 aliphatic heterocycles. The number of halogens is 1. The van der Waals surface area contributed by atoms with E-state index in [0.717, 1.165) is 18.4 Å². The van der Waals surface area contributed by atoms with E-state index in [1.54, 1.807) is 12.1 Å². The molecular weight excluding hydrogens is 247 g/mol. The van der Waals surface area contributed by atoms with E-state index in [4.69, 9.17) is 5.11 Å². The van der Waals surface area contributed by atoms with Crippen molar-refractivity contribution in [2.45, 2.75) is 25.4 Å². The Balaban J connectivity index is 1.75. The van der Waals surface area contributed by atoms with Gasteiger partial charge in [-0.2, -0.15) is 0 Å². The number of hydrogen-bond acceptors (Lipinski definition) is 3.